The monoisotopic (exact) mass is 415 g/mol. The number of nitrogens with one attached hydrogen (secondary N) is 1. The highest BCUT2D eigenvalue weighted by atomic mass is 35.5. The van der Waals surface area contributed by atoms with Gasteiger partial charge in [-0.25, -0.2) is 9.78 Å². The zero-order valence-electron chi connectivity index (χ0n) is 14.1. The molecule has 1 aliphatic heterocycles. The number of nitrogens with zero attached hydrogens (tertiary/aromatic N) is 2. The van der Waals surface area contributed by atoms with Gasteiger partial charge in [-0.1, -0.05) is 35.3 Å². The summed E-state index contributed by atoms with van der Waals surface area (Å²) in [5.74, 6) is 0.288. The quantitative estimate of drug-likeness (QED) is 0.755. The van der Waals surface area contributed by atoms with Gasteiger partial charge in [-0.2, -0.15) is 0 Å². The number of hydrogen-bond acceptors (Lipinski definition) is 5. The molecule has 2 heterocycles. The standard InChI is InChI=1S/C18H19Cl2N3O2.ClH/c19-15-3-1-13(2-4-15)5-10-25-18(24)14-11-16(20)17(22-12-14)23-8-6-21-7-9-23;/h1-4,11-12,21H,5-10H2;1H. The summed E-state index contributed by atoms with van der Waals surface area (Å²) >= 11 is 12.2. The van der Waals surface area contributed by atoms with Crippen LogP contribution in [0.1, 0.15) is 15.9 Å². The minimum Gasteiger partial charge on any atom is -0.462 e. The van der Waals surface area contributed by atoms with Crippen LogP contribution in [0.2, 0.25) is 10.0 Å². The number of carbonyl (C=O) groups is 1. The molecule has 8 heteroatoms. The SMILES string of the molecule is Cl.O=C(OCCc1ccc(Cl)cc1)c1cnc(N2CCNCC2)c(Cl)c1. The molecule has 5 nitrogen and oxygen atoms in total. The normalized spacial score (nSPS) is 13.8. The van der Waals surface area contributed by atoms with Crippen LogP contribution in [0.5, 0.6) is 0 Å². The fraction of sp³-hybridized carbons (Fsp3) is 0.333. The van der Waals surface area contributed by atoms with Crippen molar-refractivity contribution in [2.45, 2.75) is 6.42 Å². The van der Waals surface area contributed by atoms with E-state index in [0.29, 0.717) is 27.8 Å². The van der Waals surface area contributed by atoms with Crippen molar-refractivity contribution in [1.82, 2.24) is 10.3 Å². The molecule has 1 aliphatic rings. The Bertz CT molecular complexity index is 735. The van der Waals surface area contributed by atoms with Gasteiger partial charge in [-0.15, -0.1) is 12.4 Å². The molecule has 0 bridgehead atoms. The van der Waals surface area contributed by atoms with E-state index in [0.717, 1.165) is 31.7 Å². The largest absolute Gasteiger partial charge is 0.462 e. The lowest BCUT2D eigenvalue weighted by Gasteiger charge is -2.29. The average molecular weight is 417 g/mol. The maximum absolute atomic E-state index is 12.2. The lowest BCUT2D eigenvalue weighted by Crippen LogP contribution is -2.44. The molecule has 1 aromatic heterocycles. The maximum Gasteiger partial charge on any atom is 0.339 e. The molecule has 0 spiro atoms. The topological polar surface area (TPSA) is 54.5 Å². The minimum atomic E-state index is -0.421. The zero-order chi connectivity index (χ0) is 17.6. The number of halogens is 3. The van der Waals surface area contributed by atoms with Gasteiger partial charge in [0, 0.05) is 43.8 Å². The summed E-state index contributed by atoms with van der Waals surface area (Å²) in [6.45, 7) is 3.77. The van der Waals surface area contributed by atoms with Gasteiger partial charge in [0.2, 0.25) is 0 Å². The molecule has 1 aromatic carbocycles. The zero-order valence-corrected chi connectivity index (χ0v) is 16.4. The first kappa shape index (κ1) is 20.8. The van der Waals surface area contributed by atoms with E-state index < -0.39 is 5.97 Å². The fourth-order valence-corrected chi connectivity index (χ4v) is 3.06. The third kappa shape index (κ3) is 5.48. The van der Waals surface area contributed by atoms with Crippen LogP contribution in [0.15, 0.2) is 36.5 Å². The first-order valence-corrected chi connectivity index (χ1v) is 8.92. The Balaban J connectivity index is 0.00000243. The van der Waals surface area contributed by atoms with Crippen LogP contribution in [-0.2, 0) is 11.2 Å². The number of pyridine rings is 1. The lowest BCUT2D eigenvalue weighted by molar-refractivity contribution is 0.0509. The van der Waals surface area contributed by atoms with Crippen molar-refractivity contribution < 1.29 is 9.53 Å². The van der Waals surface area contributed by atoms with E-state index in [1.54, 1.807) is 6.07 Å². The Labute approximate surface area is 169 Å². The van der Waals surface area contributed by atoms with Gasteiger partial charge in [-0.05, 0) is 23.8 Å². The molecule has 0 radical (unpaired) electrons. The Hall–Kier alpha value is -1.53. The van der Waals surface area contributed by atoms with Crippen LogP contribution in [-0.4, -0.2) is 43.7 Å². The van der Waals surface area contributed by atoms with Gasteiger partial charge < -0.3 is 15.0 Å². The number of piperazine rings is 1. The highest BCUT2D eigenvalue weighted by Crippen LogP contribution is 2.24. The van der Waals surface area contributed by atoms with E-state index in [1.165, 1.54) is 6.20 Å². The van der Waals surface area contributed by atoms with Crippen LogP contribution in [0.4, 0.5) is 5.82 Å². The number of ether oxygens (including phenoxy) is 1. The van der Waals surface area contributed by atoms with Crippen LogP contribution in [0.25, 0.3) is 0 Å². The summed E-state index contributed by atoms with van der Waals surface area (Å²) in [6, 6.07) is 9.08. The second-order valence-electron chi connectivity index (χ2n) is 5.78. The van der Waals surface area contributed by atoms with Crippen molar-refractivity contribution in [3.8, 4) is 0 Å². The van der Waals surface area contributed by atoms with E-state index in [9.17, 15) is 4.79 Å². The first-order chi connectivity index (χ1) is 12.1. The summed E-state index contributed by atoms with van der Waals surface area (Å²) in [5, 5.41) is 4.43. The Morgan fingerprint density at radius 1 is 1.19 bits per heavy atom. The lowest BCUT2D eigenvalue weighted by atomic mass is 10.2. The van der Waals surface area contributed by atoms with Crippen molar-refractivity contribution in [1.29, 1.82) is 0 Å². The molecular weight excluding hydrogens is 397 g/mol. The summed E-state index contributed by atoms with van der Waals surface area (Å²) in [7, 11) is 0. The van der Waals surface area contributed by atoms with Crippen molar-refractivity contribution >= 4 is 47.4 Å². The molecule has 0 saturated carbocycles. The highest BCUT2D eigenvalue weighted by molar-refractivity contribution is 6.33. The van der Waals surface area contributed by atoms with Crippen LogP contribution in [0.3, 0.4) is 0 Å². The fourth-order valence-electron chi connectivity index (χ4n) is 2.65. The molecular formula is C18H20Cl3N3O2. The second kappa shape index (κ2) is 9.97. The molecule has 1 N–H and O–H groups in total. The average Bonchev–Trinajstić information content (AvgIpc) is 2.64. The van der Waals surface area contributed by atoms with Crippen molar-refractivity contribution in [3.05, 3.63) is 57.7 Å². The predicted octanol–water partition coefficient (Wildman–Crippen LogP) is 3.62. The molecule has 1 saturated heterocycles. The summed E-state index contributed by atoms with van der Waals surface area (Å²) in [4.78, 5) is 18.6. The van der Waals surface area contributed by atoms with Crippen molar-refractivity contribution in [2.24, 2.45) is 0 Å². The van der Waals surface area contributed by atoms with Gasteiger partial charge in [0.15, 0.2) is 0 Å². The summed E-state index contributed by atoms with van der Waals surface area (Å²) in [6.07, 6.45) is 2.15. The molecule has 26 heavy (non-hydrogen) atoms. The molecule has 3 rings (SSSR count). The van der Waals surface area contributed by atoms with E-state index in [1.807, 2.05) is 24.3 Å². The van der Waals surface area contributed by atoms with E-state index >= 15 is 0 Å². The molecule has 140 valence electrons. The Morgan fingerprint density at radius 2 is 1.88 bits per heavy atom. The van der Waals surface area contributed by atoms with Crippen LogP contribution >= 0.6 is 35.6 Å². The number of carbonyl (C=O) groups excluding carboxylic acids is 1. The molecule has 2 aromatic rings. The van der Waals surface area contributed by atoms with Gasteiger partial charge in [-0.3, -0.25) is 0 Å². The Morgan fingerprint density at radius 3 is 2.54 bits per heavy atom. The van der Waals surface area contributed by atoms with Crippen LogP contribution < -0.4 is 10.2 Å². The van der Waals surface area contributed by atoms with E-state index in [-0.39, 0.29) is 19.0 Å². The van der Waals surface area contributed by atoms with Gasteiger partial charge in [0.05, 0.1) is 17.2 Å². The van der Waals surface area contributed by atoms with Gasteiger partial charge >= 0.3 is 5.97 Å². The van der Waals surface area contributed by atoms with E-state index in [2.05, 4.69) is 15.2 Å². The molecule has 0 unspecified atom stereocenters. The summed E-state index contributed by atoms with van der Waals surface area (Å²) < 4.78 is 5.31. The number of benzene rings is 1. The van der Waals surface area contributed by atoms with Gasteiger partial charge in [0.1, 0.15) is 5.82 Å². The molecule has 0 aliphatic carbocycles. The molecule has 0 atom stereocenters. The minimum absolute atomic E-state index is 0. The number of rotatable bonds is 5. The Kier molecular flexibility index (Phi) is 7.97. The van der Waals surface area contributed by atoms with Crippen molar-refractivity contribution in [2.75, 3.05) is 37.7 Å². The predicted molar refractivity (Wildman–Crippen MR) is 107 cm³/mol. The highest BCUT2D eigenvalue weighted by Gasteiger charge is 2.17. The smallest absolute Gasteiger partial charge is 0.339 e. The number of hydrogen-bond donors (Lipinski definition) is 1. The molecule has 0 amide bonds. The maximum atomic E-state index is 12.2. The second-order valence-corrected chi connectivity index (χ2v) is 6.62. The number of aromatic nitrogens is 1. The molecule has 1 fully saturated rings. The number of esters is 1. The van der Waals surface area contributed by atoms with Crippen LogP contribution in [0, 0.1) is 0 Å². The summed E-state index contributed by atoms with van der Waals surface area (Å²) in [5.41, 5.74) is 1.42. The first-order valence-electron chi connectivity index (χ1n) is 8.16. The third-order valence-electron chi connectivity index (χ3n) is 4.01. The third-order valence-corrected chi connectivity index (χ3v) is 4.54. The van der Waals surface area contributed by atoms with Gasteiger partial charge in [0.25, 0.3) is 0 Å². The number of anilines is 1. The van der Waals surface area contributed by atoms with Crippen molar-refractivity contribution in [3.63, 3.8) is 0 Å². The van der Waals surface area contributed by atoms with E-state index in [4.69, 9.17) is 27.9 Å².